The number of hydrogen-bond donors (Lipinski definition) is 1. The molecule has 1 N–H and O–H groups in total. The Labute approximate surface area is 115 Å². The van der Waals surface area contributed by atoms with E-state index < -0.39 is 0 Å². The van der Waals surface area contributed by atoms with Crippen molar-refractivity contribution < 1.29 is 4.42 Å². The smallest absolute Gasteiger partial charge is 0.106 e. The molecule has 0 aliphatic heterocycles. The lowest BCUT2D eigenvalue weighted by Gasteiger charge is -2.18. The Morgan fingerprint density at radius 3 is 2.11 bits per heavy atom. The number of benzene rings is 1. The Kier molecular flexibility index (Phi) is 3.81. The zero-order chi connectivity index (χ0) is 14.2. The minimum Gasteiger partial charge on any atom is -0.466 e. The fraction of sp³-hybridized carbons (Fsp3) is 0.412. The number of rotatable bonds is 3. The first-order chi connectivity index (χ1) is 8.95. The molecule has 1 aromatic heterocycles. The molecule has 2 heteroatoms. The summed E-state index contributed by atoms with van der Waals surface area (Å²) in [6, 6.07) is 6.84. The summed E-state index contributed by atoms with van der Waals surface area (Å²) < 4.78 is 5.76. The van der Waals surface area contributed by atoms with Crippen molar-refractivity contribution >= 4 is 0 Å². The molecule has 1 atom stereocenters. The lowest BCUT2D eigenvalue weighted by atomic mass is 9.93. The second kappa shape index (κ2) is 5.22. The van der Waals surface area contributed by atoms with Crippen molar-refractivity contribution in [3.8, 4) is 0 Å². The summed E-state index contributed by atoms with van der Waals surface area (Å²) in [5, 5.41) is 3.42. The molecule has 1 aromatic carbocycles. The van der Waals surface area contributed by atoms with Gasteiger partial charge in [0.2, 0.25) is 0 Å². The minimum atomic E-state index is 0.191. The SMILES string of the molecule is CNC(c1ccc(C)c(C)c1)c1c(C)oc(C)c1C. The van der Waals surface area contributed by atoms with E-state index in [-0.39, 0.29) is 6.04 Å². The molecule has 0 spiro atoms. The van der Waals surface area contributed by atoms with Gasteiger partial charge >= 0.3 is 0 Å². The molecule has 1 unspecified atom stereocenters. The fourth-order valence-corrected chi connectivity index (χ4v) is 2.66. The van der Waals surface area contributed by atoms with Gasteiger partial charge in [0.1, 0.15) is 11.5 Å². The van der Waals surface area contributed by atoms with Gasteiger partial charge in [-0.1, -0.05) is 18.2 Å². The number of furan rings is 1. The molecular formula is C17H23NO. The summed E-state index contributed by atoms with van der Waals surface area (Å²) in [5.41, 5.74) is 6.46. The van der Waals surface area contributed by atoms with E-state index in [0.717, 1.165) is 11.5 Å². The van der Waals surface area contributed by atoms with E-state index in [0.29, 0.717) is 0 Å². The highest BCUT2D eigenvalue weighted by atomic mass is 16.3. The maximum Gasteiger partial charge on any atom is 0.106 e. The maximum absolute atomic E-state index is 5.76. The quantitative estimate of drug-likeness (QED) is 0.894. The number of hydrogen-bond acceptors (Lipinski definition) is 2. The molecule has 2 rings (SSSR count). The Bertz CT molecular complexity index is 596. The summed E-state index contributed by atoms with van der Waals surface area (Å²) in [7, 11) is 2.00. The normalized spacial score (nSPS) is 12.7. The minimum absolute atomic E-state index is 0.191. The van der Waals surface area contributed by atoms with E-state index in [2.05, 4.69) is 44.3 Å². The Hall–Kier alpha value is -1.54. The van der Waals surface area contributed by atoms with E-state index in [9.17, 15) is 0 Å². The van der Waals surface area contributed by atoms with Crippen LogP contribution in [-0.4, -0.2) is 7.05 Å². The molecule has 0 aliphatic rings. The van der Waals surface area contributed by atoms with Crippen molar-refractivity contribution in [3.05, 3.63) is 57.5 Å². The first-order valence-electron chi connectivity index (χ1n) is 6.76. The molecule has 0 saturated carbocycles. The molecule has 0 amide bonds. The Morgan fingerprint density at radius 1 is 0.947 bits per heavy atom. The molecule has 0 radical (unpaired) electrons. The van der Waals surface area contributed by atoms with Gasteiger partial charge in [-0.15, -0.1) is 0 Å². The third-order valence-electron chi connectivity index (χ3n) is 4.06. The van der Waals surface area contributed by atoms with Crippen molar-refractivity contribution in [3.63, 3.8) is 0 Å². The predicted molar refractivity (Wildman–Crippen MR) is 79.7 cm³/mol. The van der Waals surface area contributed by atoms with Gasteiger partial charge in [-0.25, -0.2) is 0 Å². The molecule has 19 heavy (non-hydrogen) atoms. The average molecular weight is 257 g/mol. The standard InChI is InChI=1S/C17H23NO/c1-10-7-8-15(9-11(10)2)17(18-6)16-12(3)13(4)19-14(16)5/h7-9,17-18H,1-6H3. The summed E-state index contributed by atoms with van der Waals surface area (Å²) in [6.45, 7) is 10.5. The van der Waals surface area contributed by atoms with Gasteiger partial charge in [-0.3, -0.25) is 0 Å². The van der Waals surface area contributed by atoms with Gasteiger partial charge < -0.3 is 9.73 Å². The summed E-state index contributed by atoms with van der Waals surface area (Å²) in [6.07, 6.45) is 0. The first kappa shape index (κ1) is 13.9. The third kappa shape index (κ3) is 2.45. The van der Waals surface area contributed by atoms with Gasteiger partial charge in [0.25, 0.3) is 0 Å². The lowest BCUT2D eigenvalue weighted by molar-refractivity contribution is 0.495. The molecule has 2 aromatic rings. The molecule has 0 aliphatic carbocycles. The summed E-state index contributed by atoms with van der Waals surface area (Å²) >= 11 is 0. The first-order valence-corrected chi connectivity index (χ1v) is 6.76. The molecule has 0 fully saturated rings. The summed E-state index contributed by atoms with van der Waals surface area (Å²) in [5.74, 6) is 2.02. The number of aryl methyl sites for hydroxylation is 4. The van der Waals surface area contributed by atoms with Crippen molar-refractivity contribution in [1.82, 2.24) is 5.32 Å². The molecular weight excluding hydrogens is 234 g/mol. The van der Waals surface area contributed by atoms with Crippen LogP contribution in [0.5, 0.6) is 0 Å². The van der Waals surface area contributed by atoms with Crippen molar-refractivity contribution in [2.24, 2.45) is 0 Å². The largest absolute Gasteiger partial charge is 0.466 e. The van der Waals surface area contributed by atoms with Crippen LogP contribution in [0.3, 0.4) is 0 Å². The van der Waals surface area contributed by atoms with Crippen molar-refractivity contribution in [1.29, 1.82) is 0 Å². The van der Waals surface area contributed by atoms with Crippen LogP contribution in [0, 0.1) is 34.6 Å². The van der Waals surface area contributed by atoms with Crippen LogP contribution < -0.4 is 5.32 Å². The second-order valence-electron chi connectivity index (χ2n) is 5.32. The van der Waals surface area contributed by atoms with Gasteiger partial charge in [0, 0.05) is 5.56 Å². The van der Waals surface area contributed by atoms with Gasteiger partial charge in [0.15, 0.2) is 0 Å². The van der Waals surface area contributed by atoms with Gasteiger partial charge in [-0.2, -0.15) is 0 Å². The van der Waals surface area contributed by atoms with Crippen LogP contribution in [0.4, 0.5) is 0 Å². The molecule has 0 saturated heterocycles. The zero-order valence-corrected chi connectivity index (χ0v) is 12.7. The van der Waals surface area contributed by atoms with Crippen LogP contribution in [0.15, 0.2) is 22.6 Å². The summed E-state index contributed by atoms with van der Waals surface area (Å²) in [4.78, 5) is 0. The zero-order valence-electron chi connectivity index (χ0n) is 12.7. The van der Waals surface area contributed by atoms with Crippen LogP contribution in [-0.2, 0) is 0 Å². The molecule has 1 heterocycles. The van der Waals surface area contributed by atoms with E-state index in [4.69, 9.17) is 4.42 Å². The van der Waals surface area contributed by atoms with Crippen LogP contribution >= 0.6 is 0 Å². The van der Waals surface area contributed by atoms with Crippen LogP contribution in [0.2, 0.25) is 0 Å². The Balaban J connectivity index is 2.52. The van der Waals surface area contributed by atoms with Crippen molar-refractivity contribution in [2.75, 3.05) is 7.05 Å². The van der Waals surface area contributed by atoms with E-state index in [1.807, 2.05) is 20.9 Å². The monoisotopic (exact) mass is 257 g/mol. The Morgan fingerprint density at radius 2 is 1.63 bits per heavy atom. The van der Waals surface area contributed by atoms with Gasteiger partial charge in [-0.05, 0) is 63.9 Å². The second-order valence-corrected chi connectivity index (χ2v) is 5.32. The van der Waals surface area contributed by atoms with Crippen LogP contribution in [0.1, 0.15) is 45.4 Å². The fourth-order valence-electron chi connectivity index (χ4n) is 2.66. The van der Waals surface area contributed by atoms with Gasteiger partial charge in [0.05, 0.1) is 6.04 Å². The average Bonchev–Trinajstić information content (AvgIpc) is 2.61. The van der Waals surface area contributed by atoms with E-state index >= 15 is 0 Å². The third-order valence-corrected chi connectivity index (χ3v) is 4.06. The topological polar surface area (TPSA) is 25.2 Å². The predicted octanol–water partition coefficient (Wildman–Crippen LogP) is 4.13. The molecule has 2 nitrogen and oxygen atoms in total. The maximum atomic E-state index is 5.76. The molecule has 0 bridgehead atoms. The highest BCUT2D eigenvalue weighted by Crippen LogP contribution is 2.31. The molecule has 102 valence electrons. The number of nitrogens with one attached hydrogen (secondary N) is 1. The highest BCUT2D eigenvalue weighted by molar-refractivity contribution is 5.42. The van der Waals surface area contributed by atoms with Crippen molar-refractivity contribution in [2.45, 2.75) is 40.7 Å². The van der Waals surface area contributed by atoms with Crippen LogP contribution in [0.25, 0.3) is 0 Å². The highest BCUT2D eigenvalue weighted by Gasteiger charge is 2.21. The van der Waals surface area contributed by atoms with E-state index in [1.54, 1.807) is 0 Å². The lowest BCUT2D eigenvalue weighted by Crippen LogP contribution is -2.19. The van der Waals surface area contributed by atoms with E-state index in [1.165, 1.54) is 27.8 Å².